The Morgan fingerprint density at radius 1 is 1.37 bits per heavy atom. The summed E-state index contributed by atoms with van der Waals surface area (Å²) in [5, 5.41) is 6.23. The Morgan fingerprint density at radius 3 is 2.85 bits per heavy atom. The van der Waals surface area contributed by atoms with E-state index in [0.717, 1.165) is 19.4 Å². The van der Waals surface area contributed by atoms with Gasteiger partial charge in [0.05, 0.1) is 12.7 Å². The van der Waals surface area contributed by atoms with Crippen molar-refractivity contribution in [3.05, 3.63) is 24.5 Å². The zero-order valence-electron chi connectivity index (χ0n) is 15.4. The van der Waals surface area contributed by atoms with Crippen LogP contribution in [0.25, 0.3) is 0 Å². The molecular weight excluding hydrogens is 485 g/mol. The van der Waals surface area contributed by atoms with Crippen molar-refractivity contribution < 1.29 is 17.9 Å². The van der Waals surface area contributed by atoms with E-state index in [-0.39, 0.29) is 41.5 Å². The normalized spacial score (nSPS) is 17.4. The monoisotopic (exact) mass is 513 g/mol. The fraction of sp³-hybridized carbons (Fsp3) is 0.625. The van der Waals surface area contributed by atoms with Crippen LogP contribution >= 0.6 is 24.0 Å². The van der Waals surface area contributed by atoms with Gasteiger partial charge in [-0.3, -0.25) is 9.98 Å². The van der Waals surface area contributed by atoms with Gasteiger partial charge in [0.15, 0.2) is 5.96 Å². The van der Waals surface area contributed by atoms with Gasteiger partial charge in [0.2, 0.25) is 10.0 Å². The first-order chi connectivity index (χ1) is 12.6. The maximum absolute atomic E-state index is 12.1. The molecule has 0 spiro atoms. The summed E-state index contributed by atoms with van der Waals surface area (Å²) in [5.74, 6) is 0.620. The molecule has 154 valence electrons. The molecule has 3 N–H and O–H groups in total. The summed E-state index contributed by atoms with van der Waals surface area (Å²) in [6.07, 6.45) is 4.88. The number of nitrogens with one attached hydrogen (secondary N) is 3. The number of hydrogen-bond acceptors (Lipinski definition) is 6. The van der Waals surface area contributed by atoms with Crippen molar-refractivity contribution in [3.8, 4) is 0 Å². The first-order valence-electron chi connectivity index (χ1n) is 8.65. The smallest absolute Gasteiger partial charge is 0.242 e. The first-order valence-corrected chi connectivity index (χ1v) is 10.1. The van der Waals surface area contributed by atoms with E-state index >= 15 is 0 Å². The van der Waals surface area contributed by atoms with Gasteiger partial charge in [-0.05, 0) is 25.0 Å². The highest BCUT2D eigenvalue weighted by Crippen LogP contribution is 2.07. The van der Waals surface area contributed by atoms with Crippen LogP contribution in [-0.2, 0) is 19.5 Å². The van der Waals surface area contributed by atoms with Crippen LogP contribution < -0.4 is 15.4 Å². The predicted octanol–water partition coefficient (Wildman–Crippen LogP) is 0.339. The summed E-state index contributed by atoms with van der Waals surface area (Å²) in [5.41, 5.74) is 0. The Hall–Kier alpha value is -1.02. The molecule has 0 aliphatic carbocycles. The number of ether oxygens (including phenoxy) is 2. The molecule has 0 radical (unpaired) electrons. The molecule has 1 unspecified atom stereocenters. The quantitative estimate of drug-likeness (QED) is 0.179. The minimum absolute atomic E-state index is 0. The van der Waals surface area contributed by atoms with E-state index in [0.29, 0.717) is 32.3 Å². The van der Waals surface area contributed by atoms with Crippen LogP contribution in [-0.4, -0.2) is 72.0 Å². The van der Waals surface area contributed by atoms with Crippen molar-refractivity contribution >= 4 is 40.0 Å². The van der Waals surface area contributed by atoms with Crippen LogP contribution in [0.4, 0.5) is 0 Å². The van der Waals surface area contributed by atoms with E-state index < -0.39 is 10.0 Å². The zero-order valence-corrected chi connectivity index (χ0v) is 18.5. The van der Waals surface area contributed by atoms with Crippen molar-refractivity contribution in [2.45, 2.75) is 23.8 Å². The number of rotatable bonds is 10. The molecule has 1 saturated heterocycles. The molecule has 1 aliphatic heterocycles. The largest absolute Gasteiger partial charge is 0.379 e. The second-order valence-electron chi connectivity index (χ2n) is 5.72. The summed E-state index contributed by atoms with van der Waals surface area (Å²) >= 11 is 0. The number of halogens is 1. The lowest BCUT2D eigenvalue weighted by molar-refractivity contribution is 0.0420. The van der Waals surface area contributed by atoms with Gasteiger partial charge in [-0.2, -0.15) is 0 Å². The summed E-state index contributed by atoms with van der Waals surface area (Å²) in [6.45, 7) is 3.50. The van der Waals surface area contributed by atoms with Gasteiger partial charge in [-0.1, -0.05) is 0 Å². The lowest BCUT2D eigenvalue weighted by Gasteiger charge is -2.13. The average Bonchev–Trinajstić information content (AvgIpc) is 3.17. The Morgan fingerprint density at radius 2 is 2.19 bits per heavy atom. The Bertz CT molecular complexity index is 654. The topological polar surface area (TPSA) is 114 Å². The van der Waals surface area contributed by atoms with E-state index in [9.17, 15) is 8.42 Å². The number of aromatic nitrogens is 1. The number of aliphatic imine (C=N–C) groups is 1. The van der Waals surface area contributed by atoms with E-state index in [2.05, 4.69) is 25.3 Å². The van der Waals surface area contributed by atoms with Gasteiger partial charge in [-0.15, -0.1) is 24.0 Å². The molecular formula is C16H28IN5O4S. The van der Waals surface area contributed by atoms with Gasteiger partial charge < -0.3 is 20.1 Å². The molecule has 1 aliphatic rings. The van der Waals surface area contributed by atoms with Crippen molar-refractivity contribution in [2.75, 3.05) is 46.5 Å². The second-order valence-corrected chi connectivity index (χ2v) is 7.49. The van der Waals surface area contributed by atoms with Crippen molar-refractivity contribution in [1.82, 2.24) is 20.3 Å². The highest BCUT2D eigenvalue weighted by atomic mass is 127. The van der Waals surface area contributed by atoms with Gasteiger partial charge in [-0.25, -0.2) is 13.1 Å². The molecule has 2 rings (SSSR count). The summed E-state index contributed by atoms with van der Waals surface area (Å²) < 4.78 is 37.6. The number of nitrogens with zero attached hydrogens (tertiary/aromatic N) is 2. The molecule has 11 heteroatoms. The Balaban J connectivity index is 0.00000364. The van der Waals surface area contributed by atoms with E-state index in [1.54, 1.807) is 13.1 Å². The fourth-order valence-electron chi connectivity index (χ4n) is 2.35. The maximum atomic E-state index is 12.1. The van der Waals surface area contributed by atoms with E-state index in [1.165, 1.54) is 18.5 Å². The first kappa shape index (κ1) is 24.0. The van der Waals surface area contributed by atoms with Crippen LogP contribution in [0.15, 0.2) is 34.4 Å². The molecule has 0 saturated carbocycles. The number of guanidine groups is 1. The van der Waals surface area contributed by atoms with E-state index in [1.807, 2.05) is 0 Å². The summed E-state index contributed by atoms with van der Waals surface area (Å²) in [7, 11) is -1.87. The number of pyridine rings is 1. The number of sulfonamides is 1. The van der Waals surface area contributed by atoms with Gasteiger partial charge in [0, 0.05) is 52.3 Å². The van der Waals surface area contributed by atoms with E-state index in [4.69, 9.17) is 9.47 Å². The molecule has 2 heterocycles. The molecule has 9 nitrogen and oxygen atoms in total. The molecule has 0 amide bonds. The van der Waals surface area contributed by atoms with Crippen LogP contribution in [0.5, 0.6) is 0 Å². The van der Waals surface area contributed by atoms with Crippen LogP contribution in [0.2, 0.25) is 0 Å². The second kappa shape index (κ2) is 13.2. The molecule has 0 bridgehead atoms. The molecule has 0 aromatic carbocycles. The third-order valence-electron chi connectivity index (χ3n) is 3.73. The molecule has 1 atom stereocenters. The zero-order chi connectivity index (χ0) is 18.7. The third kappa shape index (κ3) is 9.14. The molecule has 1 aromatic heterocycles. The SMILES string of the molecule is CN=C(NCCCOC1CCOC1)NCCNS(=O)(=O)c1cccnc1.I. The molecule has 1 aromatic rings. The molecule has 27 heavy (non-hydrogen) atoms. The maximum Gasteiger partial charge on any atom is 0.242 e. The standard InChI is InChI=1S/C16H27N5O4S.HI/c1-17-16(19-7-3-10-25-14-5-11-24-13-14)20-8-9-21-26(22,23)15-4-2-6-18-12-15;/h2,4,6,12,14,21H,3,5,7-11,13H2,1H3,(H2,17,19,20);1H. The van der Waals surface area contributed by atoms with Crippen LogP contribution in [0.3, 0.4) is 0 Å². The van der Waals surface area contributed by atoms with Crippen molar-refractivity contribution in [3.63, 3.8) is 0 Å². The highest BCUT2D eigenvalue weighted by molar-refractivity contribution is 14.0. The third-order valence-corrected chi connectivity index (χ3v) is 5.18. The minimum atomic E-state index is -3.54. The number of hydrogen-bond donors (Lipinski definition) is 3. The van der Waals surface area contributed by atoms with Gasteiger partial charge >= 0.3 is 0 Å². The Kier molecular flexibility index (Phi) is 11.7. The van der Waals surface area contributed by atoms with Gasteiger partial charge in [0.25, 0.3) is 0 Å². The van der Waals surface area contributed by atoms with Crippen LogP contribution in [0, 0.1) is 0 Å². The molecule has 1 fully saturated rings. The predicted molar refractivity (Wildman–Crippen MR) is 114 cm³/mol. The lowest BCUT2D eigenvalue weighted by Crippen LogP contribution is -2.42. The average molecular weight is 513 g/mol. The highest BCUT2D eigenvalue weighted by Gasteiger charge is 2.15. The fourth-order valence-corrected chi connectivity index (χ4v) is 3.34. The lowest BCUT2D eigenvalue weighted by atomic mass is 10.3. The van der Waals surface area contributed by atoms with Crippen molar-refractivity contribution in [2.24, 2.45) is 4.99 Å². The van der Waals surface area contributed by atoms with Crippen LogP contribution in [0.1, 0.15) is 12.8 Å². The van der Waals surface area contributed by atoms with Crippen molar-refractivity contribution in [1.29, 1.82) is 0 Å². The summed E-state index contributed by atoms with van der Waals surface area (Å²) in [6, 6.07) is 3.09. The summed E-state index contributed by atoms with van der Waals surface area (Å²) in [4.78, 5) is 8.06. The Labute approximate surface area is 177 Å². The van der Waals surface area contributed by atoms with Gasteiger partial charge in [0.1, 0.15) is 4.90 Å². The minimum Gasteiger partial charge on any atom is -0.379 e.